The van der Waals surface area contributed by atoms with Crippen molar-refractivity contribution in [1.82, 2.24) is 9.80 Å². The molecule has 4 rings (SSSR count). The summed E-state index contributed by atoms with van der Waals surface area (Å²) in [6.45, 7) is 6.58. The summed E-state index contributed by atoms with van der Waals surface area (Å²) in [6.07, 6.45) is 4.88. The Hall–Kier alpha value is -2.04. The monoisotopic (exact) mass is 370 g/mol. The van der Waals surface area contributed by atoms with Crippen molar-refractivity contribution in [1.29, 1.82) is 0 Å². The van der Waals surface area contributed by atoms with E-state index in [4.69, 9.17) is 4.74 Å². The summed E-state index contributed by atoms with van der Waals surface area (Å²) in [5, 5.41) is 0. The van der Waals surface area contributed by atoms with Crippen LogP contribution in [0.15, 0.2) is 24.3 Å². The molecule has 0 aliphatic carbocycles. The lowest BCUT2D eigenvalue weighted by Gasteiger charge is -2.49. The SMILES string of the molecule is CC(C)N1CC2(CCC1=O)CCN(C(=O)[C@H]1CCc3ccccc3O1)CC2. The van der Waals surface area contributed by atoms with Gasteiger partial charge in [0.05, 0.1) is 0 Å². The molecule has 0 radical (unpaired) electrons. The van der Waals surface area contributed by atoms with Gasteiger partial charge in [0, 0.05) is 32.1 Å². The van der Waals surface area contributed by atoms with E-state index in [0.717, 1.165) is 57.5 Å². The molecule has 0 N–H and O–H groups in total. The van der Waals surface area contributed by atoms with Crippen molar-refractivity contribution in [3.05, 3.63) is 29.8 Å². The third-order valence-corrected chi connectivity index (χ3v) is 6.65. The predicted molar refractivity (Wildman–Crippen MR) is 104 cm³/mol. The van der Waals surface area contributed by atoms with Crippen LogP contribution in [-0.4, -0.2) is 53.4 Å². The van der Waals surface area contributed by atoms with E-state index >= 15 is 0 Å². The first kappa shape index (κ1) is 18.3. The average molecular weight is 370 g/mol. The summed E-state index contributed by atoms with van der Waals surface area (Å²) in [4.78, 5) is 29.2. The Bertz CT molecular complexity index is 722. The van der Waals surface area contributed by atoms with Gasteiger partial charge in [-0.2, -0.15) is 0 Å². The highest BCUT2D eigenvalue weighted by Gasteiger charge is 2.43. The minimum atomic E-state index is -0.353. The van der Waals surface area contributed by atoms with Crippen molar-refractivity contribution in [3.63, 3.8) is 0 Å². The van der Waals surface area contributed by atoms with Gasteiger partial charge in [-0.25, -0.2) is 0 Å². The van der Waals surface area contributed by atoms with Crippen LogP contribution in [0, 0.1) is 5.41 Å². The number of hydrogen-bond donors (Lipinski definition) is 0. The Labute approximate surface area is 161 Å². The fourth-order valence-electron chi connectivity index (χ4n) is 4.83. The number of fused-ring (bicyclic) bond motifs is 1. The van der Waals surface area contributed by atoms with Crippen molar-refractivity contribution in [2.75, 3.05) is 19.6 Å². The topological polar surface area (TPSA) is 49.9 Å². The summed E-state index contributed by atoms with van der Waals surface area (Å²) in [5.41, 5.74) is 1.38. The van der Waals surface area contributed by atoms with Crippen LogP contribution in [0.1, 0.15) is 51.5 Å². The Morgan fingerprint density at radius 3 is 2.63 bits per heavy atom. The Balaban J connectivity index is 1.37. The summed E-state index contributed by atoms with van der Waals surface area (Å²) >= 11 is 0. The molecule has 1 atom stereocenters. The van der Waals surface area contributed by atoms with Gasteiger partial charge in [0.25, 0.3) is 5.91 Å². The number of rotatable bonds is 2. The lowest BCUT2D eigenvalue weighted by Crippen LogP contribution is -2.55. The first-order chi connectivity index (χ1) is 13.0. The summed E-state index contributed by atoms with van der Waals surface area (Å²) in [6, 6.07) is 8.26. The van der Waals surface area contributed by atoms with E-state index in [1.165, 1.54) is 5.56 Å². The first-order valence-corrected chi connectivity index (χ1v) is 10.3. The fourth-order valence-corrected chi connectivity index (χ4v) is 4.83. The maximum absolute atomic E-state index is 13.0. The van der Waals surface area contributed by atoms with Gasteiger partial charge < -0.3 is 14.5 Å². The number of carbonyl (C=O) groups excluding carboxylic acids is 2. The van der Waals surface area contributed by atoms with Crippen LogP contribution >= 0.6 is 0 Å². The second-order valence-electron chi connectivity index (χ2n) is 8.69. The van der Waals surface area contributed by atoms with E-state index in [1.54, 1.807) is 0 Å². The first-order valence-electron chi connectivity index (χ1n) is 10.3. The minimum absolute atomic E-state index is 0.131. The lowest BCUT2D eigenvalue weighted by atomic mass is 9.72. The summed E-state index contributed by atoms with van der Waals surface area (Å²) in [7, 11) is 0. The molecule has 3 aliphatic heterocycles. The normalized spacial score (nSPS) is 24.7. The van der Waals surface area contributed by atoms with E-state index in [0.29, 0.717) is 6.42 Å². The lowest BCUT2D eigenvalue weighted by molar-refractivity contribution is -0.147. The zero-order chi connectivity index (χ0) is 19.0. The van der Waals surface area contributed by atoms with Gasteiger partial charge in [0.15, 0.2) is 6.10 Å². The van der Waals surface area contributed by atoms with Gasteiger partial charge in [0.2, 0.25) is 5.91 Å². The molecule has 0 saturated carbocycles. The van der Waals surface area contributed by atoms with Gasteiger partial charge in [-0.05, 0) is 63.0 Å². The van der Waals surface area contributed by atoms with Crippen LogP contribution in [0.4, 0.5) is 0 Å². The number of benzene rings is 1. The quantitative estimate of drug-likeness (QED) is 0.804. The second-order valence-corrected chi connectivity index (χ2v) is 8.69. The number of ether oxygens (including phenoxy) is 1. The molecule has 27 heavy (non-hydrogen) atoms. The summed E-state index contributed by atoms with van der Waals surface area (Å²) < 4.78 is 6.00. The number of para-hydroxylation sites is 1. The number of carbonyl (C=O) groups is 2. The molecule has 146 valence electrons. The van der Waals surface area contributed by atoms with E-state index in [9.17, 15) is 9.59 Å². The molecule has 0 bridgehead atoms. The van der Waals surface area contributed by atoms with Crippen LogP contribution in [0.5, 0.6) is 5.75 Å². The van der Waals surface area contributed by atoms with Crippen LogP contribution < -0.4 is 4.74 Å². The molecule has 0 unspecified atom stereocenters. The standard InChI is InChI=1S/C22H30N2O3/c1-16(2)24-15-22(10-9-20(24)25)11-13-23(14-12-22)21(26)19-8-7-17-5-3-4-6-18(17)27-19/h3-6,16,19H,7-15H2,1-2H3/t19-/m1/s1. The molecule has 3 aliphatic rings. The second kappa shape index (κ2) is 7.17. The van der Waals surface area contributed by atoms with Crippen molar-refractivity contribution in [2.24, 2.45) is 5.41 Å². The molecule has 5 heteroatoms. The largest absolute Gasteiger partial charge is 0.480 e. The van der Waals surface area contributed by atoms with E-state index in [1.807, 2.05) is 28.0 Å². The van der Waals surface area contributed by atoms with E-state index in [2.05, 4.69) is 19.9 Å². The van der Waals surface area contributed by atoms with Crippen molar-refractivity contribution in [3.8, 4) is 5.75 Å². The van der Waals surface area contributed by atoms with Gasteiger partial charge in [-0.15, -0.1) is 0 Å². The molecule has 2 fully saturated rings. The molecule has 1 aromatic carbocycles. The molecule has 5 nitrogen and oxygen atoms in total. The van der Waals surface area contributed by atoms with Gasteiger partial charge in [0.1, 0.15) is 5.75 Å². The zero-order valence-corrected chi connectivity index (χ0v) is 16.4. The molecule has 3 heterocycles. The Morgan fingerprint density at radius 1 is 1.15 bits per heavy atom. The Morgan fingerprint density at radius 2 is 1.89 bits per heavy atom. The smallest absolute Gasteiger partial charge is 0.263 e. The van der Waals surface area contributed by atoms with Gasteiger partial charge in [-0.1, -0.05) is 18.2 Å². The molecule has 2 amide bonds. The van der Waals surface area contributed by atoms with E-state index < -0.39 is 0 Å². The average Bonchev–Trinajstić information content (AvgIpc) is 2.69. The number of piperidine rings is 2. The Kier molecular flexibility index (Phi) is 4.87. The molecule has 1 aromatic rings. The van der Waals surface area contributed by atoms with Crippen molar-refractivity contribution in [2.45, 2.75) is 64.5 Å². The number of likely N-dealkylation sites (tertiary alicyclic amines) is 2. The van der Waals surface area contributed by atoms with Crippen LogP contribution in [0.3, 0.4) is 0 Å². The minimum Gasteiger partial charge on any atom is -0.480 e. The molecular weight excluding hydrogens is 340 g/mol. The van der Waals surface area contributed by atoms with Gasteiger partial charge >= 0.3 is 0 Å². The highest BCUT2D eigenvalue weighted by atomic mass is 16.5. The van der Waals surface area contributed by atoms with Gasteiger partial charge in [-0.3, -0.25) is 9.59 Å². The number of hydrogen-bond acceptors (Lipinski definition) is 3. The van der Waals surface area contributed by atoms with Crippen LogP contribution in [0.25, 0.3) is 0 Å². The third kappa shape index (κ3) is 3.56. The zero-order valence-electron chi connectivity index (χ0n) is 16.4. The van der Waals surface area contributed by atoms with E-state index in [-0.39, 0.29) is 29.4 Å². The van der Waals surface area contributed by atoms with Crippen molar-refractivity contribution < 1.29 is 14.3 Å². The molecule has 2 saturated heterocycles. The summed E-state index contributed by atoms with van der Waals surface area (Å²) in [5.74, 6) is 1.27. The van der Waals surface area contributed by atoms with Crippen molar-refractivity contribution >= 4 is 11.8 Å². The number of amides is 2. The molecule has 1 spiro atoms. The van der Waals surface area contributed by atoms with Crippen LogP contribution in [0.2, 0.25) is 0 Å². The maximum Gasteiger partial charge on any atom is 0.263 e. The third-order valence-electron chi connectivity index (χ3n) is 6.65. The van der Waals surface area contributed by atoms with Crippen LogP contribution in [-0.2, 0) is 16.0 Å². The molecule has 0 aromatic heterocycles. The predicted octanol–water partition coefficient (Wildman–Crippen LogP) is 3.02. The fraction of sp³-hybridized carbons (Fsp3) is 0.636. The highest BCUT2D eigenvalue weighted by molar-refractivity contribution is 5.82. The number of nitrogens with zero attached hydrogens (tertiary/aromatic N) is 2. The number of aryl methyl sites for hydroxylation is 1. The maximum atomic E-state index is 13.0. The molecular formula is C22H30N2O3. The highest BCUT2D eigenvalue weighted by Crippen LogP contribution is 2.41.